The summed E-state index contributed by atoms with van der Waals surface area (Å²) in [5.41, 5.74) is 0.503. The average molecular weight is 404 g/mol. The summed E-state index contributed by atoms with van der Waals surface area (Å²) in [4.78, 5) is 49.3. The van der Waals surface area contributed by atoms with E-state index in [2.05, 4.69) is 0 Å². The van der Waals surface area contributed by atoms with Gasteiger partial charge in [-0.25, -0.2) is 4.79 Å². The Labute approximate surface area is 170 Å². The number of imide groups is 1. The number of amides is 2. The Bertz CT molecular complexity index is 1080. The van der Waals surface area contributed by atoms with Gasteiger partial charge in [-0.15, -0.1) is 0 Å². The van der Waals surface area contributed by atoms with Gasteiger partial charge in [0, 0.05) is 12.1 Å². The molecule has 2 aromatic carbocycles. The highest BCUT2D eigenvalue weighted by atomic mass is 16.6. The van der Waals surface area contributed by atoms with Crippen molar-refractivity contribution in [2.75, 3.05) is 4.90 Å². The van der Waals surface area contributed by atoms with Crippen molar-refractivity contribution in [1.29, 1.82) is 0 Å². The molecule has 150 valence electrons. The van der Waals surface area contributed by atoms with Crippen LogP contribution in [0.25, 0.3) is 0 Å². The number of esters is 1. The molecule has 1 aliphatic heterocycles. The standard InChI is InChI=1S/C22H16N2O6/c25-20-18-13-1-2-14(11-13)19(18)21(26)23(20)15-7-9-17(10-8-15)30-22(27)12-3-5-16(6-4-12)24(28)29/h1-10,13-14,18-19H,11H2/t13-,14+,18-,19-/m0/s1. The van der Waals surface area contributed by atoms with Crippen LogP contribution in [0, 0.1) is 33.8 Å². The zero-order chi connectivity index (χ0) is 21.0. The van der Waals surface area contributed by atoms with Gasteiger partial charge in [0.1, 0.15) is 5.75 Å². The lowest BCUT2D eigenvalue weighted by Gasteiger charge is -2.17. The molecule has 2 aliphatic carbocycles. The Morgan fingerprint density at radius 1 is 0.933 bits per heavy atom. The molecule has 0 spiro atoms. The second-order valence-electron chi connectivity index (χ2n) is 7.70. The maximum Gasteiger partial charge on any atom is 0.343 e. The monoisotopic (exact) mass is 404 g/mol. The SMILES string of the molecule is O=C(Oc1ccc(N2C(=O)[C@@H]3[C@@H](C2=O)[C@H]2C=C[C@@H]3C2)cc1)c1ccc([N+](=O)[O-])cc1. The molecule has 2 aromatic rings. The predicted molar refractivity (Wildman–Crippen MR) is 105 cm³/mol. The van der Waals surface area contributed by atoms with Crippen molar-refractivity contribution >= 4 is 29.2 Å². The molecule has 1 saturated heterocycles. The number of nitrogens with zero attached hydrogens (tertiary/aromatic N) is 2. The maximum atomic E-state index is 12.8. The smallest absolute Gasteiger partial charge is 0.343 e. The summed E-state index contributed by atoms with van der Waals surface area (Å²) in [5, 5.41) is 10.7. The number of non-ortho nitro benzene ring substituents is 1. The third-order valence-electron chi connectivity index (χ3n) is 6.09. The van der Waals surface area contributed by atoms with Crippen molar-refractivity contribution in [3.63, 3.8) is 0 Å². The summed E-state index contributed by atoms with van der Waals surface area (Å²) < 4.78 is 5.28. The zero-order valence-corrected chi connectivity index (χ0v) is 15.6. The van der Waals surface area contributed by atoms with Crippen LogP contribution in [-0.4, -0.2) is 22.7 Å². The van der Waals surface area contributed by atoms with Gasteiger partial charge in [-0.2, -0.15) is 0 Å². The van der Waals surface area contributed by atoms with Crippen LogP contribution in [-0.2, 0) is 9.59 Å². The Balaban J connectivity index is 1.30. The minimum Gasteiger partial charge on any atom is -0.423 e. The molecule has 8 heteroatoms. The molecule has 0 aromatic heterocycles. The molecule has 0 unspecified atom stereocenters. The number of carbonyl (C=O) groups is 3. The number of fused-ring (bicyclic) bond motifs is 5. The Kier molecular flexibility index (Phi) is 4.02. The number of hydrogen-bond acceptors (Lipinski definition) is 6. The van der Waals surface area contributed by atoms with Gasteiger partial charge in [-0.3, -0.25) is 24.6 Å². The van der Waals surface area contributed by atoms with Crippen LogP contribution in [0.4, 0.5) is 11.4 Å². The number of benzene rings is 2. The van der Waals surface area contributed by atoms with Crippen LogP contribution in [0.2, 0.25) is 0 Å². The number of ether oxygens (including phenoxy) is 1. The van der Waals surface area contributed by atoms with Gasteiger partial charge in [0.15, 0.2) is 0 Å². The topological polar surface area (TPSA) is 107 Å². The highest BCUT2D eigenvalue weighted by Crippen LogP contribution is 2.53. The van der Waals surface area contributed by atoms with Crippen molar-refractivity contribution in [1.82, 2.24) is 0 Å². The van der Waals surface area contributed by atoms with Crippen molar-refractivity contribution < 1.29 is 24.0 Å². The van der Waals surface area contributed by atoms with E-state index < -0.39 is 10.9 Å². The van der Waals surface area contributed by atoms with Crippen molar-refractivity contribution in [3.05, 3.63) is 76.4 Å². The van der Waals surface area contributed by atoms with Gasteiger partial charge in [0.25, 0.3) is 5.69 Å². The van der Waals surface area contributed by atoms with E-state index in [1.54, 1.807) is 12.1 Å². The first-order valence-corrected chi connectivity index (χ1v) is 9.57. The van der Waals surface area contributed by atoms with E-state index in [4.69, 9.17) is 4.74 Å². The molecule has 4 atom stereocenters. The van der Waals surface area contributed by atoms with Crippen LogP contribution in [0.15, 0.2) is 60.7 Å². The van der Waals surface area contributed by atoms with E-state index >= 15 is 0 Å². The van der Waals surface area contributed by atoms with Crippen LogP contribution >= 0.6 is 0 Å². The molecule has 2 amide bonds. The van der Waals surface area contributed by atoms with Gasteiger partial charge in [0.2, 0.25) is 11.8 Å². The van der Waals surface area contributed by atoms with Crippen LogP contribution in [0.1, 0.15) is 16.8 Å². The van der Waals surface area contributed by atoms with Gasteiger partial charge in [-0.05, 0) is 54.7 Å². The Morgan fingerprint density at radius 2 is 1.50 bits per heavy atom. The quantitative estimate of drug-likeness (QED) is 0.194. The van der Waals surface area contributed by atoms with Gasteiger partial charge < -0.3 is 4.74 Å². The molecule has 0 radical (unpaired) electrons. The lowest BCUT2D eigenvalue weighted by molar-refractivity contribution is -0.384. The third kappa shape index (κ3) is 2.72. The van der Waals surface area contributed by atoms with Crippen molar-refractivity contribution in [2.45, 2.75) is 6.42 Å². The Hall–Kier alpha value is -3.81. The first kappa shape index (κ1) is 18.2. The molecule has 1 saturated carbocycles. The molecule has 5 rings (SSSR count). The fourth-order valence-electron chi connectivity index (χ4n) is 4.71. The fraction of sp³-hybridized carbons (Fsp3) is 0.227. The lowest BCUT2D eigenvalue weighted by Crippen LogP contribution is -2.32. The third-order valence-corrected chi connectivity index (χ3v) is 6.09. The number of carbonyl (C=O) groups excluding carboxylic acids is 3. The number of nitro groups is 1. The molecule has 30 heavy (non-hydrogen) atoms. The molecule has 3 aliphatic rings. The number of rotatable bonds is 4. The number of hydrogen-bond donors (Lipinski definition) is 0. The summed E-state index contributed by atoms with van der Waals surface area (Å²) in [6.07, 6.45) is 4.96. The lowest BCUT2D eigenvalue weighted by atomic mass is 9.85. The zero-order valence-electron chi connectivity index (χ0n) is 15.6. The van der Waals surface area contributed by atoms with Gasteiger partial charge in [0.05, 0.1) is 28.0 Å². The second-order valence-corrected chi connectivity index (χ2v) is 7.70. The van der Waals surface area contributed by atoms with E-state index in [1.165, 1.54) is 41.3 Å². The minimum atomic E-state index is -0.664. The molecule has 0 N–H and O–H groups in total. The first-order valence-electron chi connectivity index (χ1n) is 9.57. The fourth-order valence-corrected chi connectivity index (χ4v) is 4.71. The van der Waals surface area contributed by atoms with Crippen LogP contribution < -0.4 is 9.64 Å². The van der Waals surface area contributed by atoms with E-state index in [0.717, 1.165) is 6.42 Å². The molecule has 2 bridgehead atoms. The van der Waals surface area contributed by atoms with Crippen LogP contribution in [0.5, 0.6) is 5.75 Å². The summed E-state index contributed by atoms with van der Waals surface area (Å²) >= 11 is 0. The molecule has 8 nitrogen and oxygen atoms in total. The van der Waals surface area contributed by atoms with E-state index in [1.807, 2.05) is 12.2 Å². The molecular formula is C22H16N2O6. The highest BCUT2D eigenvalue weighted by Gasteiger charge is 2.59. The molecule has 1 heterocycles. The average Bonchev–Trinajstić information content (AvgIpc) is 3.43. The Morgan fingerprint density at radius 3 is 2.03 bits per heavy atom. The van der Waals surface area contributed by atoms with E-state index in [0.29, 0.717) is 5.69 Å². The summed E-state index contributed by atoms with van der Waals surface area (Å²) in [5.74, 6) is -1.02. The molecular weight excluding hydrogens is 388 g/mol. The summed E-state index contributed by atoms with van der Waals surface area (Å²) in [6.45, 7) is 0. The van der Waals surface area contributed by atoms with E-state index in [9.17, 15) is 24.5 Å². The number of nitro benzene ring substituents is 1. The highest BCUT2D eigenvalue weighted by molar-refractivity contribution is 6.22. The molecule has 2 fully saturated rings. The summed E-state index contributed by atoms with van der Waals surface area (Å²) in [6, 6.07) is 11.3. The van der Waals surface area contributed by atoms with Crippen molar-refractivity contribution in [2.24, 2.45) is 23.7 Å². The van der Waals surface area contributed by atoms with Crippen molar-refractivity contribution in [3.8, 4) is 5.75 Å². The minimum absolute atomic E-state index is 0.121. The predicted octanol–water partition coefficient (Wildman–Crippen LogP) is 3.13. The largest absolute Gasteiger partial charge is 0.423 e. The van der Waals surface area contributed by atoms with Gasteiger partial charge in [-0.1, -0.05) is 12.2 Å². The first-order chi connectivity index (χ1) is 14.4. The number of anilines is 1. The maximum absolute atomic E-state index is 12.8. The normalized spacial score (nSPS) is 26.2. The number of allylic oxidation sites excluding steroid dienone is 2. The summed E-state index contributed by atoms with van der Waals surface area (Å²) in [7, 11) is 0. The second kappa shape index (κ2) is 6.62. The van der Waals surface area contributed by atoms with Crippen LogP contribution in [0.3, 0.4) is 0 Å². The van der Waals surface area contributed by atoms with Gasteiger partial charge >= 0.3 is 5.97 Å². The van der Waals surface area contributed by atoms with E-state index in [-0.39, 0.29) is 52.5 Å².